The van der Waals surface area contributed by atoms with Gasteiger partial charge in [-0.15, -0.1) is 0 Å². The summed E-state index contributed by atoms with van der Waals surface area (Å²) in [6.07, 6.45) is 3.70. The van der Waals surface area contributed by atoms with Gasteiger partial charge in [-0.2, -0.15) is 0 Å². The Balaban J connectivity index is 2.16. The number of anilines is 1. The van der Waals surface area contributed by atoms with E-state index < -0.39 is 4.92 Å². The molecule has 4 nitrogen and oxygen atoms in total. The number of halogens is 1. The first-order chi connectivity index (χ1) is 8.99. The van der Waals surface area contributed by atoms with Crippen LogP contribution < -0.4 is 5.32 Å². The SMILES string of the molecule is CC1CCCC(C)C1Nc1ccc([N+](=O)[O-])cc1Cl. The minimum Gasteiger partial charge on any atom is -0.381 e. The molecule has 0 aliphatic heterocycles. The van der Waals surface area contributed by atoms with Gasteiger partial charge in [-0.05, 0) is 30.7 Å². The van der Waals surface area contributed by atoms with Crippen LogP contribution in [0.2, 0.25) is 5.02 Å². The summed E-state index contributed by atoms with van der Waals surface area (Å²) in [6, 6.07) is 4.98. The molecule has 19 heavy (non-hydrogen) atoms. The number of nitrogens with zero attached hydrogens (tertiary/aromatic N) is 1. The predicted octanol–water partition coefficient (Wildman–Crippen LogP) is 4.48. The van der Waals surface area contributed by atoms with Gasteiger partial charge in [0.25, 0.3) is 5.69 Å². The van der Waals surface area contributed by atoms with Crippen LogP contribution in [0.15, 0.2) is 18.2 Å². The van der Waals surface area contributed by atoms with Gasteiger partial charge in [-0.3, -0.25) is 10.1 Å². The average Bonchev–Trinajstić information content (AvgIpc) is 2.35. The van der Waals surface area contributed by atoms with Crippen LogP contribution in [0.25, 0.3) is 0 Å². The standard InChI is InChI=1S/C14H19ClN2O2/c1-9-4-3-5-10(2)14(9)16-13-7-6-11(17(18)19)8-12(13)15/h6-10,14,16H,3-5H2,1-2H3. The van der Waals surface area contributed by atoms with Gasteiger partial charge in [0.2, 0.25) is 0 Å². The van der Waals surface area contributed by atoms with Crippen molar-refractivity contribution < 1.29 is 4.92 Å². The largest absolute Gasteiger partial charge is 0.381 e. The van der Waals surface area contributed by atoms with Crippen LogP contribution in [0.1, 0.15) is 33.1 Å². The molecule has 2 atom stereocenters. The molecule has 2 unspecified atom stereocenters. The second-order valence-corrected chi connectivity index (χ2v) is 5.88. The number of rotatable bonds is 3. The Morgan fingerprint density at radius 3 is 2.47 bits per heavy atom. The Bertz CT molecular complexity index is 469. The molecule has 0 amide bonds. The van der Waals surface area contributed by atoms with Crippen molar-refractivity contribution >= 4 is 23.0 Å². The molecule has 1 N–H and O–H groups in total. The first kappa shape index (κ1) is 14.1. The zero-order chi connectivity index (χ0) is 14.0. The Morgan fingerprint density at radius 2 is 1.95 bits per heavy atom. The molecular weight excluding hydrogens is 264 g/mol. The van der Waals surface area contributed by atoms with Crippen molar-refractivity contribution in [3.05, 3.63) is 33.3 Å². The molecule has 1 aromatic carbocycles. The molecule has 2 rings (SSSR count). The fraction of sp³-hybridized carbons (Fsp3) is 0.571. The van der Waals surface area contributed by atoms with E-state index in [9.17, 15) is 10.1 Å². The van der Waals surface area contributed by atoms with Gasteiger partial charge in [0, 0.05) is 18.2 Å². The first-order valence-electron chi connectivity index (χ1n) is 6.69. The van der Waals surface area contributed by atoms with Gasteiger partial charge in [0.15, 0.2) is 0 Å². The second-order valence-electron chi connectivity index (χ2n) is 5.48. The number of hydrogen-bond acceptors (Lipinski definition) is 3. The maximum Gasteiger partial charge on any atom is 0.271 e. The van der Waals surface area contributed by atoms with E-state index in [0.29, 0.717) is 22.9 Å². The van der Waals surface area contributed by atoms with E-state index in [2.05, 4.69) is 19.2 Å². The molecule has 0 saturated heterocycles. The highest BCUT2D eigenvalue weighted by molar-refractivity contribution is 6.33. The van der Waals surface area contributed by atoms with Crippen LogP contribution in [0.3, 0.4) is 0 Å². The van der Waals surface area contributed by atoms with E-state index in [1.165, 1.54) is 31.4 Å². The summed E-state index contributed by atoms with van der Waals surface area (Å²) >= 11 is 6.12. The number of benzene rings is 1. The lowest BCUT2D eigenvalue weighted by Gasteiger charge is -2.36. The van der Waals surface area contributed by atoms with Gasteiger partial charge in [0.1, 0.15) is 0 Å². The topological polar surface area (TPSA) is 55.2 Å². The van der Waals surface area contributed by atoms with E-state index in [4.69, 9.17) is 11.6 Å². The Morgan fingerprint density at radius 1 is 1.32 bits per heavy atom. The smallest absolute Gasteiger partial charge is 0.271 e. The molecule has 0 spiro atoms. The average molecular weight is 283 g/mol. The number of nitro benzene ring substituents is 1. The number of hydrogen-bond donors (Lipinski definition) is 1. The second kappa shape index (κ2) is 5.78. The molecule has 1 fully saturated rings. The van der Waals surface area contributed by atoms with Crippen molar-refractivity contribution in [2.24, 2.45) is 11.8 Å². The molecule has 0 aromatic heterocycles. The predicted molar refractivity (Wildman–Crippen MR) is 77.7 cm³/mol. The van der Waals surface area contributed by atoms with Crippen molar-refractivity contribution in [1.82, 2.24) is 0 Å². The fourth-order valence-electron chi connectivity index (χ4n) is 2.88. The van der Waals surface area contributed by atoms with Crippen molar-refractivity contribution in [3.63, 3.8) is 0 Å². The summed E-state index contributed by atoms with van der Waals surface area (Å²) in [4.78, 5) is 10.3. The maximum absolute atomic E-state index is 10.7. The summed E-state index contributed by atoms with van der Waals surface area (Å²) in [6.45, 7) is 4.49. The quantitative estimate of drug-likeness (QED) is 0.657. The molecular formula is C14H19ClN2O2. The van der Waals surface area contributed by atoms with Gasteiger partial charge in [-0.1, -0.05) is 31.9 Å². The minimum atomic E-state index is -0.429. The monoisotopic (exact) mass is 282 g/mol. The van der Waals surface area contributed by atoms with E-state index in [-0.39, 0.29) is 5.69 Å². The fourth-order valence-corrected chi connectivity index (χ4v) is 3.11. The van der Waals surface area contributed by atoms with Crippen molar-refractivity contribution in [2.45, 2.75) is 39.2 Å². The van der Waals surface area contributed by atoms with Crippen LogP contribution in [-0.2, 0) is 0 Å². The minimum absolute atomic E-state index is 0.0280. The summed E-state index contributed by atoms with van der Waals surface area (Å²) in [5.74, 6) is 1.19. The molecule has 104 valence electrons. The Hall–Kier alpha value is -1.29. The van der Waals surface area contributed by atoms with Crippen molar-refractivity contribution in [3.8, 4) is 0 Å². The lowest BCUT2D eigenvalue weighted by molar-refractivity contribution is -0.384. The van der Waals surface area contributed by atoms with E-state index in [1.807, 2.05) is 0 Å². The molecule has 0 heterocycles. The summed E-state index contributed by atoms with van der Waals surface area (Å²) < 4.78 is 0. The third kappa shape index (κ3) is 3.18. The molecule has 1 aliphatic carbocycles. The van der Waals surface area contributed by atoms with Gasteiger partial charge < -0.3 is 5.32 Å². The molecule has 1 saturated carbocycles. The van der Waals surface area contributed by atoms with Crippen molar-refractivity contribution in [2.75, 3.05) is 5.32 Å². The molecule has 1 aliphatic rings. The Labute approximate surface area is 118 Å². The maximum atomic E-state index is 10.7. The van der Waals surface area contributed by atoms with Crippen LogP contribution in [0.4, 0.5) is 11.4 Å². The summed E-state index contributed by atoms with van der Waals surface area (Å²) in [5, 5.41) is 14.6. The van der Waals surface area contributed by atoms with E-state index in [0.717, 1.165) is 5.69 Å². The van der Waals surface area contributed by atoms with E-state index in [1.54, 1.807) is 6.07 Å². The molecule has 1 aromatic rings. The highest BCUT2D eigenvalue weighted by Crippen LogP contribution is 2.34. The highest BCUT2D eigenvalue weighted by atomic mass is 35.5. The lowest BCUT2D eigenvalue weighted by Crippen LogP contribution is -2.37. The zero-order valence-electron chi connectivity index (χ0n) is 11.2. The zero-order valence-corrected chi connectivity index (χ0v) is 12.0. The van der Waals surface area contributed by atoms with Crippen LogP contribution in [0.5, 0.6) is 0 Å². The van der Waals surface area contributed by atoms with Gasteiger partial charge in [0.05, 0.1) is 15.6 Å². The van der Waals surface area contributed by atoms with Gasteiger partial charge in [-0.25, -0.2) is 0 Å². The number of nitro groups is 1. The third-order valence-electron chi connectivity index (χ3n) is 4.03. The van der Waals surface area contributed by atoms with Crippen LogP contribution in [0, 0.1) is 22.0 Å². The van der Waals surface area contributed by atoms with Crippen molar-refractivity contribution in [1.29, 1.82) is 0 Å². The highest BCUT2D eigenvalue weighted by Gasteiger charge is 2.28. The Kier molecular flexibility index (Phi) is 4.30. The van der Waals surface area contributed by atoms with Crippen LogP contribution >= 0.6 is 11.6 Å². The molecule has 5 heteroatoms. The van der Waals surface area contributed by atoms with Crippen LogP contribution in [-0.4, -0.2) is 11.0 Å². The van der Waals surface area contributed by atoms with Gasteiger partial charge >= 0.3 is 0 Å². The first-order valence-corrected chi connectivity index (χ1v) is 7.07. The number of nitrogens with one attached hydrogen (secondary N) is 1. The normalized spacial score (nSPS) is 27.0. The third-order valence-corrected chi connectivity index (χ3v) is 4.34. The summed E-state index contributed by atoms with van der Waals surface area (Å²) in [7, 11) is 0. The lowest BCUT2D eigenvalue weighted by atomic mass is 9.78. The molecule has 0 bridgehead atoms. The molecule has 0 radical (unpaired) electrons. The summed E-state index contributed by atoms with van der Waals surface area (Å²) in [5.41, 5.74) is 0.818. The van der Waals surface area contributed by atoms with E-state index >= 15 is 0 Å². The number of non-ortho nitro benzene ring substituents is 1.